The molecule has 0 saturated heterocycles. The van der Waals surface area contributed by atoms with Gasteiger partial charge in [-0.1, -0.05) is 103 Å². The molecule has 0 unspecified atom stereocenters. The van der Waals surface area contributed by atoms with Crippen LogP contribution in [-0.4, -0.2) is 44.3 Å². The first-order valence-electron chi connectivity index (χ1n) is 14.8. The average molecular weight is 667 g/mol. The number of carbonyl (C=O) groups excluding carboxylic acids is 2. The van der Waals surface area contributed by atoms with Crippen molar-refractivity contribution in [2.24, 2.45) is 0 Å². The monoisotopic (exact) mass is 665 g/mol. The molecule has 4 aromatic carbocycles. The van der Waals surface area contributed by atoms with E-state index in [4.69, 9.17) is 23.2 Å². The Hall–Kier alpha value is -3.85. The summed E-state index contributed by atoms with van der Waals surface area (Å²) in [6.45, 7) is 3.66. The van der Waals surface area contributed by atoms with Crippen LogP contribution in [-0.2, 0) is 32.6 Å². The van der Waals surface area contributed by atoms with Crippen LogP contribution in [0.2, 0.25) is 10.0 Å². The van der Waals surface area contributed by atoms with Crippen molar-refractivity contribution in [2.45, 2.75) is 50.6 Å². The van der Waals surface area contributed by atoms with Gasteiger partial charge in [-0.2, -0.15) is 0 Å². The van der Waals surface area contributed by atoms with Crippen LogP contribution >= 0.6 is 23.2 Å². The van der Waals surface area contributed by atoms with Crippen LogP contribution in [0.4, 0.5) is 5.69 Å². The summed E-state index contributed by atoms with van der Waals surface area (Å²) in [7, 11) is -4.21. The number of benzene rings is 4. The number of nitrogens with one attached hydrogen (secondary N) is 1. The molecule has 2 amide bonds. The predicted molar refractivity (Wildman–Crippen MR) is 181 cm³/mol. The van der Waals surface area contributed by atoms with Crippen molar-refractivity contribution in [2.75, 3.05) is 17.4 Å². The van der Waals surface area contributed by atoms with E-state index >= 15 is 0 Å². The van der Waals surface area contributed by atoms with E-state index in [2.05, 4.69) is 5.32 Å². The van der Waals surface area contributed by atoms with E-state index in [0.717, 1.165) is 22.7 Å². The summed E-state index contributed by atoms with van der Waals surface area (Å²) in [6.07, 6.45) is 1.89. The van der Waals surface area contributed by atoms with Gasteiger partial charge in [-0.3, -0.25) is 13.9 Å². The van der Waals surface area contributed by atoms with Gasteiger partial charge >= 0.3 is 0 Å². The largest absolute Gasteiger partial charge is 0.354 e. The summed E-state index contributed by atoms with van der Waals surface area (Å²) in [5.41, 5.74) is 2.37. The minimum Gasteiger partial charge on any atom is -0.354 e. The summed E-state index contributed by atoms with van der Waals surface area (Å²) in [5, 5.41) is 3.85. The Bertz CT molecular complexity index is 1700. The number of halogens is 2. The highest BCUT2D eigenvalue weighted by atomic mass is 35.5. The second kappa shape index (κ2) is 15.9. The number of nitrogens with zero attached hydrogens (tertiary/aromatic N) is 2. The molecule has 0 heterocycles. The highest BCUT2D eigenvalue weighted by molar-refractivity contribution is 7.92. The predicted octanol–water partition coefficient (Wildman–Crippen LogP) is 7.05. The van der Waals surface area contributed by atoms with E-state index in [0.29, 0.717) is 33.4 Å². The van der Waals surface area contributed by atoms with Gasteiger partial charge in [-0.05, 0) is 66.4 Å². The molecule has 0 aliphatic carbocycles. The van der Waals surface area contributed by atoms with E-state index in [9.17, 15) is 18.0 Å². The lowest BCUT2D eigenvalue weighted by Gasteiger charge is -2.34. The maximum Gasteiger partial charge on any atom is 0.264 e. The standard InChI is InChI=1S/C35H37Cl2N3O4S/c1-3-4-21-38-35(42)33(23-27-13-7-5-8-14-27)39(24-28-15-11-12-18-31(28)37)34(41)25-40(32-20-19-29(36)22-26(32)2)45(43,44)30-16-9-6-10-17-30/h5-20,22,33H,3-4,21,23-25H2,1-2H3,(H,38,42)/t33-/m1/s1. The maximum atomic E-state index is 14.5. The SMILES string of the molecule is CCCCNC(=O)[C@@H](Cc1ccccc1)N(Cc1ccccc1Cl)C(=O)CN(c1ccc(Cl)cc1C)S(=O)(=O)c1ccccc1. The van der Waals surface area contributed by atoms with Crippen LogP contribution in [0.3, 0.4) is 0 Å². The molecular formula is C35H37Cl2N3O4S. The van der Waals surface area contributed by atoms with Crippen LogP contribution in [0, 0.1) is 6.92 Å². The molecular weight excluding hydrogens is 629 g/mol. The minimum atomic E-state index is -4.21. The average Bonchev–Trinajstić information content (AvgIpc) is 3.03. The van der Waals surface area contributed by atoms with E-state index in [1.165, 1.54) is 17.0 Å². The number of hydrogen-bond donors (Lipinski definition) is 1. The fourth-order valence-corrected chi connectivity index (χ4v) is 6.92. The van der Waals surface area contributed by atoms with Gasteiger partial charge in [0.15, 0.2) is 0 Å². The van der Waals surface area contributed by atoms with Gasteiger partial charge in [0.2, 0.25) is 11.8 Å². The molecule has 0 aliphatic heterocycles. The van der Waals surface area contributed by atoms with Crippen molar-refractivity contribution in [1.29, 1.82) is 0 Å². The Morgan fingerprint density at radius 1 is 0.867 bits per heavy atom. The summed E-state index contributed by atoms with van der Waals surface area (Å²) in [4.78, 5) is 29.8. The maximum absolute atomic E-state index is 14.5. The topological polar surface area (TPSA) is 86.8 Å². The molecule has 0 radical (unpaired) electrons. The van der Waals surface area contributed by atoms with Gasteiger partial charge in [0, 0.05) is 29.6 Å². The first-order chi connectivity index (χ1) is 21.6. The normalized spacial score (nSPS) is 11.9. The molecule has 0 aliphatic rings. The van der Waals surface area contributed by atoms with Crippen LogP contribution in [0.5, 0.6) is 0 Å². The van der Waals surface area contributed by atoms with Crippen LogP contribution < -0.4 is 9.62 Å². The Morgan fingerprint density at radius 3 is 2.16 bits per heavy atom. The van der Waals surface area contributed by atoms with Gasteiger partial charge in [0.05, 0.1) is 10.6 Å². The summed E-state index contributed by atoms with van der Waals surface area (Å²) in [6, 6.07) is 28.3. The molecule has 4 aromatic rings. The van der Waals surface area contributed by atoms with Crippen LogP contribution in [0.1, 0.15) is 36.5 Å². The zero-order valence-corrected chi connectivity index (χ0v) is 27.7. The summed E-state index contributed by atoms with van der Waals surface area (Å²) >= 11 is 12.8. The quantitative estimate of drug-likeness (QED) is 0.146. The molecule has 4 rings (SSSR count). The molecule has 1 atom stereocenters. The fourth-order valence-electron chi connectivity index (χ4n) is 5.00. The lowest BCUT2D eigenvalue weighted by Crippen LogP contribution is -2.53. The lowest BCUT2D eigenvalue weighted by atomic mass is 10.0. The fraction of sp³-hybridized carbons (Fsp3) is 0.257. The Labute approximate surface area is 275 Å². The van der Waals surface area contributed by atoms with E-state index in [1.807, 2.05) is 37.3 Å². The van der Waals surface area contributed by atoms with Gasteiger partial charge in [0.25, 0.3) is 10.0 Å². The number of hydrogen-bond acceptors (Lipinski definition) is 4. The van der Waals surface area contributed by atoms with Gasteiger partial charge in [0.1, 0.15) is 12.6 Å². The molecule has 236 valence electrons. The van der Waals surface area contributed by atoms with Crippen molar-refractivity contribution >= 4 is 50.7 Å². The molecule has 0 fully saturated rings. The number of anilines is 1. The number of sulfonamides is 1. The molecule has 0 aromatic heterocycles. The highest BCUT2D eigenvalue weighted by Gasteiger charge is 2.35. The first kappa shape index (κ1) is 34.0. The lowest BCUT2D eigenvalue weighted by molar-refractivity contribution is -0.140. The van der Waals surface area contributed by atoms with Gasteiger partial charge in [-0.25, -0.2) is 8.42 Å². The molecule has 10 heteroatoms. The number of rotatable bonds is 14. The molecule has 0 saturated carbocycles. The summed E-state index contributed by atoms with van der Waals surface area (Å²) < 4.78 is 29.4. The minimum absolute atomic E-state index is 0.00394. The van der Waals surface area contributed by atoms with E-state index in [1.54, 1.807) is 67.6 Å². The second-order valence-corrected chi connectivity index (χ2v) is 13.4. The second-order valence-electron chi connectivity index (χ2n) is 10.7. The van der Waals surface area contributed by atoms with Gasteiger partial charge in [-0.15, -0.1) is 0 Å². The van der Waals surface area contributed by atoms with E-state index < -0.39 is 28.5 Å². The highest BCUT2D eigenvalue weighted by Crippen LogP contribution is 2.30. The van der Waals surface area contributed by atoms with Crippen molar-refractivity contribution in [3.8, 4) is 0 Å². The third kappa shape index (κ3) is 8.87. The summed E-state index contributed by atoms with van der Waals surface area (Å²) in [5.74, 6) is -0.886. The number of aryl methyl sites for hydroxylation is 1. The Balaban J connectivity index is 1.81. The van der Waals surface area contributed by atoms with Crippen molar-refractivity contribution in [3.05, 3.63) is 130 Å². The van der Waals surface area contributed by atoms with Crippen LogP contribution in [0.15, 0.2) is 108 Å². The third-order valence-electron chi connectivity index (χ3n) is 7.44. The molecule has 45 heavy (non-hydrogen) atoms. The molecule has 7 nitrogen and oxygen atoms in total. The molecule has 1 N–H and O–H groups in total. The number of amides is 2. The Kier molecular flexibility index (Phi) is 12.0. The zero-order valence-electron chi connectivity index (χ0n) is 25.3. The van der Waals surface area contributed by atoms with Crippen LogP contribution in [0.25, 0.3) is 0 Å². The van der Waals surface area contributed by atoms with Crippen molar-refractivity contribution in [3.63, 3.8) is 0 Å². The smallest absolute Gasteiger partial charge is 0.264 e. The molecule has 0 spiro atoms. The van der Waals surface area contributed by atoms with Gasteiger partial charge < -0.3 is 10.2 Å². The third-order valence-corrected chi connectivity index (χ3v) is 9.81. The van der Waals surface area contributed by atoms with Crippen molar-refractivity contribution in [1.82, 2.24) is 10.2 Å². The number of carbonyl (C=O) groups is 2. The number of unbranched alkanes of at least 4 members (excludes halogenated alkanes) is 1. The molecule has 0 bridgehead atoms. The van der Waals surface area contributed by atoms with Crippen molar-refractivity contribution < 1.29 is 18.0 Å². The first-order valence-corrected chi connectivity index (χ1v) is 17.0. The van der Waals surface area contributed by atoms with E-state index in [-0.39, 0.29) is 23.8 Å². The Morgan fingerprint density at radius 2 is 1.51 bits per heavy atom. The zero-order chi connectivity index (χ0) is 32.4.